The quantitative estimate of drug-likeness (QED) is 0.229. The number of aromatic nitrogens is 5. The van der Waals surface area contributed by atoms with Crippen molar-refractivity contribution in [3.05, 3.63) is 109 Å². The summed E-state index contributed by atoms with van der Waals surface area (Å²) in [6.07, 6.45) is 3.40. The van der Waals surface area contributed by atoms with Crippen LogP contribution in [-0.4, -0.2) is 36.7 Å². The molecule has 0 N–H and O–H groups in total. The highest BCUT2D eigenvalue weighted by Gasteiger charge is 2.16. The molecule has 0 aliphatic rings. The molecule has 5 aromatic rings. The molecule has 0 amide bonds. The van der Waals surface area contributed by atoms with E-state index in [0.29, 0.717) is 33.5 Å². The Labute approximate surface area is 201 Å². The Morgan fingerprint density at radius 3 is 1.91 bits per heavy atom. The smallest absolute Gasteiger partial charge is 0.210 e. The van der Waals surface area contributed by atoms with Crippen LogP contribution in [0.25, 0.3) is 33.9 Å². The number of nitrogens with zero attached hydrogens (tertiary/aromatic N) is 5. The zero-order chi connectivity index (χ0) is 23.2. The molecule has 0 radical (unpaired) electrons. The molecule has 0 aliphatic carbocycles. The first-order chi connectivity index (χ1) is 16.8. The van der Waals surface area contributed by atoms with E-state index in [9.17, 15) is 4.79 Å². The molecule has 3 aromatic heterocycles. The molecule has 164 valence electrons. The van der Waals surface area contributed by atoms with E-state index in [-0.39, 0.29) is 11.5 Å². The summed E-state index contributed by atoms with van der Waals surface area (Å²) in [6.45, 7) is 0. The molecule has 0 saturated carbocycles. The second-order valence-corrected chi connectivity index (χ2v) is 8.32. The summed E-state index contributed by atoms with van der Waals surface area (Å²) in [6, 6.07) is 28.9. The zero-order valence-corrected chi connectivity index (χ0v) is 18.9. The Bertz CT molecular complexity index is 1400. The van der Waals surface area contributed by atoms with E-state index in [1.165, 1.54) is 11.8 Å². The molecule has 0 spiro atoms. The van der Waals surface area contributed by atoms with Crippen molar-refractivity contribution in [2.75, 3.05) is 5.75 Å². The molecule has 2 aromatic carbocycles. The Morgan fingerprint density at radius 1 is 0.647 bits per heavy atom. The average Bonchev–Trinajstić information content (AvgIpc) is 2.93. The van der Waals surface area contributed by atoms with Crippen LogP contribution < -0.4 is 0 Å². The van der Waals surface area contributed by atoms with Crippen molar-refractivity contribution < 1.29 is 4.79 Å². The SMILES string of the molecule is O=C(CSc1nnc(-c2ccccn2)c(-c2ccccn2)n1)c1ccc(-c2ccccc2)cc1. The zero-order valence-electron chi connectivity index (χ0n) is 18.1. The number of Topliss-reactive ketones (excluding diaryl/α,β-unsaturated/α-hetero) is 1. The van der Waals surface area contributed by atoms with Gasteiger partial charge in [-0.15, -0.1) is 10.2 Å². The van der Waals surface area contributed by atoms with Gasteiger partial charge in [0.05, 0.1) is 17.1 Å². The first kappa shape index (κ1) is 21.6. The van der Waals surface area contributed by atoms with Gasteiger partial charge in [0, 0.05) is 18.0 Å². The highest BCUT2D eigenvalue weighted by Crippen LogP contribution is 2.28. The Kier molecular flexibility index (Phi) is 6.45. The van der Waals surface area contributed by atoms with Crippen LogP contribution in [0.1, 0.15) is 10.4 Å². The Balaban J connectivity index is 1.35. The van der Waals surface area contributed by atoms with Crippen LogP contribution in [0.2, 0.25) is 0 Å². The van der Waals surface area contributed by atoms with Gasteiger partial charge in [0.25, 0.3) is 0 Å². The van der Waals surface area contributed by atoms with Crippen LogP contribution in [-0.2, 0) is 0 Å². The summed E-state index contributed by atoms with van der Waals surface area (Å²) >= 11 is 1.25. The number of benzene rings is 2. The molecular formula is C27H19N5OS. The molecule has 3 heterocycles. The van der Waals surface area contributed by atoms with Crippen molar-refractivity contribution in [2.24, 2.45) is 0 Å². The first-order valence-electron chi connectivity index (χ1n) is 10.7. The fourth-order valence-electron chi connectivity index (χ4n) is 3.42. The molecule has 0 saturated heterocycles. The molecule has 0 atom stereocenters. The van der Waals surface area contributed by atoms with Crippen LogP contribution in [0.15, 0.2) is 109 Å². The van der Waals surface area contributed by atoms with E-state index in [0.717, 1.165) is 11.1 Å². The van der Waals surface area contributed by atoms with Gasteiger partial charge < -0.3 is 0 Å². The summed E-state index contributed by atoms with van der Waals surface area (Å²) in [5, 5.41) is 9.03. The van der Waals surface area contributed by atoms with E-state index in [2.05, 4.69) is 25.1 Å². The van der Waals surface area contributed by atoms with Gasteiger partial charge in [0.15, 0.2) is 5.78 Å². The first-order valence-corrected chi connectivity index (χ1v) is 11.7. The van der Waals surface area contributed by atoms with E-state index in [4.69, 9.17) is 0 Å². The van der Waals surface area contributed by atoms with Crippen molar-refractivity contribution >= 4 is 17.5 Å². The minimum absolute atomic E-state index is 0.00130. The second kappa shape index (κ2) is 10.1. The predicted molar refractivity (Wildman–Crippen MR) is 133 cm³/mol. The van der Waals surface area contributed by atoms with Crippen molar-refractivity contribution in [3.63, 3.8) is 0 Å². The number of carbonyl (C=O) groups excluding carboxylic acids is 1. The summed E-state index contributed by atoms with van der Waals surface area (Å²) in [4.78, 5) is 26.3. The average molecular weight is 462 g/mol. The standard InChI is InChI=1S/C27H19N5OS/c33-24(21-14-12-20(13-15-21)19-8-2-1-3-9-19)18-34-27-30-25(22-10-4-6-16-28-22)26(31-32-27)23-11-5-7-17-29-23/h1-17H,18H2. The predicted octanol–water partition coefficient (Wildman–Crippen LogP) is 5.64. The lowest BCUT2D eigenvalue weighted by Crippen LogP contribution is -2.05. The third kappa shape index (κ3) is 4.89. The number of thioether (sulfide) groups is 1. The number of hydrogen-bond acceptors (Lipinski definition) is 7. The maximum Gasteiger partial charge on any atom is 0.210 e. The molecule has 34 heavy (non-hydrogen) atoms. The lowest BCUT2D eigenvalue weighted by molar-refractivity contribution is 0.102. The number of ketones is 1. The molecular weight excluding hydrogens is 442 g/mol. The van der Waals surface area contributed by atoms with Crippen LogP contribution in [0.3, 0.4) is 0 Å². The Morgan fingerprint density at radius 2 is 1.26 bits per heavy atom. The number of rotatable bonds is 7. The number of hydrogen-bond donors (Lipinski definition) is 0. The largest absolute Gasteiger partial charge is 0.293 e. The maximum atomic E-state index is 12.8. The lowest BCUT2D eigenvalue weighted by atomic mass is 10.0. The number of pyridine rings is 2. The fraction of sp³-hybridized carbons (Fsp3) is 0.0370. The van der Waals surface area contributed by atoms with Gasteiger partial charge in [-0.1, -0.05) is 78.5 Å². The monoisotopic (exact) mass is 461 g/mol. The van der Waals surface area contributed by atoms with Gasteiger partial charge >= 0.3 is 0 Å². The van der Waals surface area contributed by atoms with Crippen molar-refractivity contribution in [2.45, 2.75) is 5.16 Å². The number of carbonyl (C=O) groups is 1. The second-order valence-electron chi connectivity index (χ2n) is 7.38. The molecule has 0 aliphatic heterocycles. The highest BCUT2D eigenvalue weighted by molar-refractivity contribution is 7.99. The third-order valence-electron chi connectivity index (χ3n) is 5.13. The normalized spacial score (nSPS) is 10.7. The third-order valence-corrected chi connectivity index (χ3v) is 5.97. The van der Waals surface area contributed by atoms with E-state index in [1.54, 1.807) is 12.4 Å². The van der Waals surface area contributed by atoms with Gasteiger partial charge in [-0.25, -0.2) is 4.98 Å². The summed E-state index contributed by atoms with van der Waals surface area (Å²) in [7, 11) is 0. The molecule has 0 bridgehead atoms. The van der Waals surface area contributed by atoms with Crippen LogP contribution in [0.4, 0.5) is 0 Å². The van der Waals surface area contributed by atoms with E-state index >= 15 is 0 Å². The van der Waals surface area contributed by atoms with Crippen LogP contribution >= 0.6 is 11.8 Å². The summed E-state index contributed by atoms with van der Waals surface area (Å²) in [5.41, 5.74) is 5.29. The molecule has 7 heteroatoms. The van der Waals surface area contributed by atoms with Crippen LogP contribution in [0.5, 0.6) is 0 Å². The van der Waals surface area contributed by atoms with Crippen molar-refractivity contribution in [1.82, 2.24) is 25.1 Å². The van der Waals surface area contributed by atoms with Gasteiger partial charge in [-0.3, -0.25) is 14.8 Å². The minimum Gasteiger partial charge on any atom is -0.293 e. The minimum atomic E-state index is 0.00130. The van der Waals surface area contributed by atoms with Gasteiger partial charge in [-0.05, 0) is 35.4 Å². The maximum absolute atomic E-state index is 12.8. The van der Waals surface area contributed by atoms with E-state index in [1.807, 2.05) is 91.0 Å². The Hall–Kier alpha value is -4.23. The summed E-state index contributed by atoms with van der Waals surface area (Å²) < 4.78 is 0. The highest BCUT2D eigenvalue weighted by atomic mass is 32.2. The molecule has 5 rings (SSSR count). The van der Waals surface area contributed by atoms with E-state index < -0.39 is 0 Å². The van der Waals surface area contributed by atoms with Crippen LogP contribution in [0, 0.1) is 0 Å². The summed E-state index contributed by atoms with van der Waals surface area (Å²) in [5.74, 6) is 0.207. The lowest BCUT2D eigenvalue weighted by Gasteiger charge is -2.08. The molecule has 0 fully saturated rings. The molecule has 0 unspecified atom stereocenters. The van der Waals surface area contributed by atoms with Gasteiger partial charge in [-0.2, -0.15) is 0 Å². The fourth-order valence-corrected chi connectivity index (χ4v) is 4.10. The van der Waals surface area contributed by atoms with Gasteiger partial charge in [0.2, 0.25) is 5.16 Å². The van der Waals surface area contributed by atoms with Crippen molar-refractivity contribution in [3.8, 4) is 33.9 Å². The van der Waals surface area contributed by atoms with Crippen molar-refractivity contribution in [1.29, 1.82) is 0 Å². The molecule has 6 nitrogen and oxygen atoms in total. The topological polar surface area (TPSA) is 81.5 Å². The van der Waals surface area contributed by atoms with Gasteiger partial charge in [0.1, 0.15) is 11.4 Å².